The minimum Gasteiger partial charge on any atom is -0.265 e. The zero-order valence-corrected chi connectivity index (χ0v) is 31.9. The van der Waals surface area contributed by atoms with Crippen LogP contribution in [-0.4, -0.2) is 39.9 Å². The van der Waals surface area contributed by atoms with Crippen LogP contribution >= 0.6 is 0 Å². The second-order valence-electron chi connectivity index (χ2n) is 14.8. The van der Waals surface area contributed by atoms with Gasteiger partial charge in [-0.15, -0.1) is 0 Å². The fraction of sp³-hybridized carbons (Fsp3) is 0. The van der Waals surface area contributed by atoms with E-state index in [1.54, 1.807) is 24.8 Å². The molecule has 0 aliphatic rings. The quantitative estimate of drug-likeness (QED) is 0.154. The molecule has 12 aromatic rings. The van der Waals surface area contributed by atoms with Crippen molar-refractivity contribution in [3.63, 3.8) is 0 Å². The molecule has 4 heterocycles. The van der Waals surface area contributed by atoms with Gasteiger partial charge in [0.2, 0.25) is 0 Å². The Kier molecular flexibility index (Phi) is 7.67. The van der Waals surface area contributed by atoms with Crippen molar-refractivity contribution < 1.29 is 0 Å². The van der Waals surface area contributed by atoms with Crippen molar-refractivity contribution in [2.45, 2.75) is 0 Å². The van der Waals surface area contributed by atoms with Crippen molar-refractivity contribution >= 4 is 53.9 Å². The minimum atomic E-state index is 0.570. The highest BCUT2D eigenvalue weighted by atomic mass is 15.0. The van der Waals surface area contributed by atoms with Gasteiger partial charge in [-0.1, -0.05) is 121 Å². The summed E-state index contributed by atoms with van der Waals surface area (Å²) < 4.78 is 0. The maximum Gasteiger partial charge on any atom is 0.164 e. The zero-order valence-electron chi connectivity index (χ0n) is 31.9. The molecule has 8 heteroatoms. The van der Waals surface area contributed by atoms with E-state index in [0.29, 0.717) is 34.9 Å². The first-order valence-corrected chi connectivity index (χ1v) is 19.7. The Labute approximate surface area is 343 Å². The van der Waals surface area contributed by atoms with Crippen molar-refractivity contribution in [2.24, 2.45) is 0 Å². The van der Waals surface area contributed by atoms with Crippen LogP contribution in [0.4, 0.5) is 0 Å². The van der Waals surface area contributed by atoms with Gasteiger partial charge >= 0.3 is 0 Å². The smallest absolute Gasteiger partial charge is 0.164 e. The van der Waals surface area contributed by atoms with Crippen LogP contribution in [0.2, 0.25) is 0 Å². The van der Waals surface area contributed by atoms with E-state index in [1.165, 1.54) is 0 Å². The van der Waals surface area contributed by atoms with Crippen LogP contribution in [0.5, 0.6) is 0 Å². The third-order valence-electron chi connectivity index (χ3n) is 11.4. The summed E-state index contributed by atoms with van der Waals surface area (Å²) in [6.45, 7) is 0. The number of hydrogen-bond donors (Lipinski definition) is 0. The molecule has 0 spiro atoms. The van der Waals surface area contributed by atoms with Crippen LogP contribution in [0, 0.1) is 0 Å². The van der Waals surface area contributed by atoms with Crippen LogP contribution in [0.3, 0.4) is 0 Å². The van der Waals surface area contributed by atoms with Crippen LogP contribution in [0.15, 0.2) is 183 Å². The summed E-state index contributed by atoms with van der Waals surface area (Å²) in [5.41, 5.74) is 5.45. The van der Waals surface area contributed by atoms with Crippen LogP contribution < -0.4 is 0 Å². The summed E-state index contributed by atoms with van der Waals surface area (Å²) in [5, 5.41) is 11.0. The summed E-state index contributed by atoms with van der Waals surface area (Å²) in [7, 11) is 0. The lowest BCUT2D eigenvalue weighted by molar-refractivity contribution is 1.07. The topological polar surface area (TPSA) is 103 Å². The van der Waals surface area contributed by atoms with Gasteiger partial charge in [-0.2, -0.15) is 0 Å². The molecule has 0 fully saturated rings. The zero-order chi connectivity index (χ0) is 39.6. The number of nitrogens with zero attached hydrogens (tertiary/aromatic N) is 8. The minimum absolute atomic E-state index is 0.570. The SMILES string of the molecule is c1ccc2c(-c3nc(-c4cccc5ccccc45)nc(-c4ccc5ccc6c(-c7nc(-c8ccncc8)nc(-c8ccncc8)n7)ccc7ccc4c5c76)n3)cccc2c1. The van der Waals surface area contributed by atoms with E-state index in [-0.39, 0.29) is 0 Å². The molecular formula is C52H30N8. The first-order valence-electron chi connectivity index (χ1n) is 19.7. The molecule has 0 aliphatic carbocycles. The van der Waals surface area contributed by atoms with E-state index in [4.69, 9.17) is 29.9 Å². The molecular weight excluding hydrogens is 737 g/mol. The van der Waals surface area contributed by atoms with Crippen LogP contribution in [0.1, 0.15) is 0 Å². The number of rotatable bonds is 6. The largest absolute Gasteiger partial charge is 0.265 e. The molecule has 278 valence electrons. The molecule has 0 saturated carbocycles. The molecule has 0 unspecified atom stereocenters. The molecule has 0 saturated heterocycles. The number of benzene rings is 8. The Balaban J connectivity index is 1.10. The number of pyridine rings is 2. The van der Waals surface area contributed by atoms with Crippen LogP contribution in [-0.2, 0) is 0 Å². The third-order valence-corrected chi connectivity index (χ3v) is 11.4. The number of fused-ring (bicyclic) bond motifs is 2. The molecule has 0 radical (unpaired) electrons. The molecule has 0 aliphatic heterocycles. The van der Waals surface area contributed by atoms with E-state index in [0.717, 1.165) is 87.2 Å². The standard InChI is InChI=1S/C52H30N8/c1-3-11-37-31(7-1)9-5-13-41(37)49-58-50(42-14-6-10-32-8-2-4-12-38(32)42)60-52(59-49)44-22-18-34-15-19-39-43(21-17-33-16-20-40(44)46(34)45(33)39)51-56-47(35-23-27-53-28-24-35)55-48(57-51)36-25-29-54-30-26-36/h1-30H. The van der Waals surface area contributed by atoms with Gasteiger partial charge in [0.1, 0.15) is 0 Å². The summed E-state index contributed by atoms with van der Waals surface area (Å²) in [6.07, 6.45) is 7.00. The van der Waals surface area contributed by atoms with E-state index in [9.17, 15) is 0 Å². The summed E-state index contributed by atoms with van der Waals surface area (Å²) >= 11 is 0. The average Bonchev–Trinajstić information content (AvgIpc) is 3.33. The molecule has 8 nitrogen and oxygen atoms in total. The van der Waals surface area contributed by atoms with Gasteiger partial charge < -0.3 is 0 Å². The van der Waals surface area contributed by atoms with Gasteiger partial charge in [0, 0.05) is 58.2 Å². The van der Waals surface area contributed by atoms with E-state index in [1.807, 2.05) is 24.3 Å². The Morgan fingerprint density at radius 3 is 1.03 bits per heavy atom. The van der Waals surface area contributed by atoms with Gasteiger partial charge in [-0.05, 0) is 90.3 Å². The normalized spacial score (nSPS) is 11.7. The molecule has 4 aromatic heterocycles. The Morgan fingerprint density at radius 2 is 0.583 bits per heavy atom. The predicted octanol–water partition coefficient (Wildman–Crippen LogP) is 12.1. The molecule has 0 atom stereocenters. The second kappa shape index (κ2) is 13.6. The number of hydrogen-bond acceptors (Lipinski definition) is 8. The summed E-state index contributed by atoms with van der Waals surface area (Å²) in [4.78, 5) is 39.3. The van der Waals surface area contributed by atoms with Gasteiger partial charge in [-0.3, -0.25) is 9.97 Å². The Bertz CT molecular complexity index is 3440. The first kappa shape index (κ1) is 33.7. The predicted molar refractivity (Wildman–Crippen MR) is 240 cm³/mol. The molecule has 8 aromatic carbocycles. The van der Waals surface area contributed by atoms with Crippen molar-refractivity contribution in [3.8, 4) is 68.3 Å². The average molecular weight is 767 g/mol. The van der Waals surface area contributed by atoms with Crippen molar-refractivity contribution in [1.82, 2.24) is 39.9 Å². The highest BCUT2D eigenvalue weighted by Crippen LogP contribution is 2.42. The summed E-state index contributed by atoms with van der Waals surface area (Å²) in [5.74, 6) is 3.58. The lowest BCUT2D eigenvalue weighted by Crippen LogP contribution is -2.02. The monoisotopic (exact) mass is 766 g/mol. The van der Waals surface area contributed by atoms with Gasteiger partial charge in [0.25, 0.3) is 0 Å². The maximum atomic E-state index is 5.30. The highest BCUT2D eigenvalue weighted by molar-refractivity contribution is 6.27. The molecule has 0 amide bonds. The van der Waals surface area contributed by atoms with Crippen molar-refractivity contribution in [2.75, 3.05) is 0 Å². The molecule has 12 rings (SSSR count). The maximum absolute atomic E-state index is 5.30. The fourth-order valence-electron chi connectivity index (χ4n) is 8.53. The fourth-order valence-corrected chi connectivity index (χ4v) is 8.53. The third kappa shape index (κ3) is 5.54. The van der Waals surface area contributed by atoms with E-state index < -0.39 is 0 Å². The van der Waals surface area contributed by atoms with Gasteiger partial charge in [0.05, 0.1) is 0 Å². The van der Waals surface area contributed by atoms with E-state index in [2.05, 4.69) is 143 Å². The van der Waals surface area contributed by atoms with Gasteiger partial charge in [0.15, 0.2) is 34.9 Å². The lowest BCUT2D eigenvalue weighted by Gasteiger charge is -2.17. The molecule has 0 bridgehead atoms. The highest BCUT2D eigenvalue weighted by Gasteiger charge is 2.21. The van der Waals surface area contributed by atoms with Crippen molar-refractivity contribution in [3.05, 3.63) is 183 Å². The summed E-state index contributed by atoms with van der Waals surface area (Å²) in [6, 6.07) is 54.3. The Hall–Kier alpha value is -8.36. The second-order valence-corrected chi connectivity index (χ2v) is 14.8. The van der Waals surface area contributed by atoms with E-state index >= 15 is 0 Å². The molecule has 60 heavy (non-hydrogen) atoms. The van der Waals surface area contributed by atoms with Gasteiger partial charge in [-0.25, -0.2) is 29.9 Å². The number of aromatic nitrogens is 8. The first-order chi connectivity index (χ1) is 29.7. The van der Waals surface area contributed by atoms with Crippen LogP contribution in [0.25, 0.3) is 122 Å². The lowest BCUT2D eigenvalue weighted by atomic mass is 9.89. The van der Waals surface area contributed by atoms with Crippen molar-refractivity contribution in [1.29, 1.82) is 0 Å². The molecule has 0 N–H and O–H groups in total. The Morgan fingerprint density at radius 1 is 0.233 bits per heavy atom.